The maximum Gasteiger partial charge on any atom is 0.410 e. The summed E-state index contributed by atoms with van der Waals surface area (Å²) in [6.07, 6.45) is 3.56. The van der Waals surface area contributed by atoms with Crippen LogP contribution in [0.4, 0.5) is 4.79 Å². The van der Waals surface area contributed by atoms with Gasteiger partial charge in [0.1, 0.15) is 5.60 Å². The number of hydrogen-bond donors (Lipinski definition) is 0. The minimum absolute atomic E-state index is 0.106. The molecule has 1 heterocycles. The number of piperidine rings is 1. The first-order valence-corrected chi connectivity index (χ1v) is 10.7. The van der Waals surface area contributed by atoms with Crippen molar-refractivity contribution in [3.05, 3.63) is 29.8 Å². The maximum atomic E-state index is 12.6. The molecule has 2 rings (SSSR count). The van der Waals surface area contributed by atoms with E-state index in [1.807, 2.05) is 20.8 Å². The van der Waals surface area contributed by atoms with Crippen molar-refractivity contribution >= 4 is 21.7 Å². The molecule has 1 aromatic rings. The number of hydrogen-bond acceptors (Lipinski definition) is 5. The number of nitrogens with zero attached hydrogens (tertiary/aromatic N) is 1. The highest BCUT2D eigenvalue weighted by Gasteiger charge is 2.31. The molecule has 6 nitrogen and oxygen atoms in total. The van der Waals surface area contributed by atoms with Crippen LogP contribution >= 0.6 is 0 Å². The molecule has 7 heteroatoms. The monoisotopic (exact) mass is 381 g/mol. The summed E-state index contributed by atoms with van der Waals surface area (Å²) < 4.78 is 28.5. The lowest BCUT2D eigenvalue weighted by Gasteiger charge is -2.36. The van der Waals surface area contributed by atoms with Gasteiger partial charge in [0.05, 0.1) is 4.90 Å². The molecule has 0 spiro atoms. The number of rotatable bonds is 4. The Morgan fingerprint density at radius 1 is 1.15 bits per heavy atom. The molecule has 0 saturated carbocycles. The third kappa shape index (κ3) is 5.56. The summed E-state index contributed by atoms with van der Waals surface area (Å²) in [5.74, 6) is -0.106. The van der Waals surface area contributed by atoms with Gasteiger partial charge in [-0.3, -0.25) is 4.79 Å². The molecule has 26 heavy (non-hydrogen) atoms. The quantitative estimate of drug-likeness (QED) is 0.746. The Balaban J connectivity index is 2.09. The van der Waals surface area contributed by atoms with Gasteiger partial charge < -0.3 is 9.64 Å². The van der Waals surface area contributed by atoms with E-state index in [2.05, 4.69) is 0 Å². The van der Waals surface area contributed by atoms with Crippen LogP contribution in [-0.2, 0) is 14.6 Å². The number of carbonyl (C=O) groups excluding carboxylic acids is 2. The highest BCUT2D eigenvalue weighted by molar-refractivity contribution is 7.90. The van der Waals surface area contributed by atoms with E-state index in [1.165, 1.54) is 24.3 Å². The van der Waals surface area contributed by atoms with Gasteiger partial charge in [-0.25, -0.2) is 13.2 Å². The Hall–Kier alpha value is -1.89. The fourth-order valence-corrected chi connectivity index (χ4v) is 3.62. The number of ether oxygens (including phenoxy) is 1. The topological polar surface area (TPSA) is 80.8 Å². The first-order valence-electron chi connectivity index (χ1n) is 8.80. The fourth-order valence-electron chi connectivity index (χ4n) is 2.99. The van der Waals surface area contributed by atoms with E-state index in [1.54, 1.807) is 4.90 Å². The van der Waals surface area contributed by atoms with E-state index < -0.39 is 15.4 Å². The molecule has 0 aliphatic carbocycles. The Morgan fingerprint density at radius 2 is 1.77 bits per heavy atom. The van der Waals surface area contributed by atoms with Crippen LogP contribution in [0.5, 0.6) is 0 Å². The van der Waals surface area contributed by atoms with Gasteiger partial charge in [-0.2, -0.15) is 0 Å². The van der Waals surface area contributed by atoms with Crippen LogP contribution < -0.4 is 0 Å². The zero-order valence-corrected chi connectivity index (χ0v) is 16.6. The summed E-state index contributed by atoms with van der Waals surface area (Å²) in [5.41, 5.74) is -0.128. The lowest BCUT2D eigenvalue weighted by molar-refractivity contribution is 0.00946. The average Bonchev–Trinajstić information content (AvgIpc) is 2.53. The van der Waals surface area contributed by atoms with Crippen molar-refractivity contribution in [2.45, 2.75) is 63.0 Å². The van der Waals surface area contributed by atoms with Gasteiger partial charge in [-0.1, -0.05) is 12.1 Å². The second-order valence-corrected chi connectivity index (χ2v) is 9.76. The molecule has 0 N–H and O–H groups in total. The Kier molecular flexibility index (Phi) is 6.11. The van der Waals surface area contributed by atoms with E-state index in [4.69, 9.17) is 4.74 Å². The molecular weight excluding hydrogens is 354 g/mol. The minimum Gasteiger partial charge on any atom is -0.444 e. The molecule has 1 aliphatic heterocycles. The number of likely N-dealkylation sites (tertiary alicyclic amines) is 1. The van der Waals surface area contributed by atoms with Gasteiger partial charge >= 0.3 is 6.09 Å². The number of ketones is 1. The number of carbonyl (C=O) groups is 2. The molecule has 0 radical (unpaired) electrons. The first-order chi connectivity index (χ1) is 12.0. The highest BCUT2D eigenvalue weighted by atomic mass is 32.2. The standard InChI is InChI=1S/C19H27NO5S/c1-19(2,3)25-18(22)20-12-6-5-7-15(20)13-17(21)14-8-10-16(11-9-14)26(4,23)24/h8-11,15H,5-7,12-13H2,1-4H3. The predicted octanol–water partition coefficient (Wildman–Crippen LogP) is 3.45. The van der Waals surface area contributed by atoms with Crippen molar-refractivity contribution < 1.29 is 22.7 Å². The first kappa shape index (κ1) is 20.4. The molecule has 0 bridgehead atoms. The van der Waals surface area contributed by atoms with E-state index in [0.29, 0.717) is 12.1 Å². The lowest BCUT2D eigenvalue weighted by Crippen LogP contribution is -2.46. The fraction of sp³-hybridized carbons (Fsp3) is 0.579. The highest BCUT2D eigenvalue weighted by Crippen LogP contribution is 2.24. The van der Waals surface area contributed by atoms with Crippen molar-refractivity contribution in [1.29, 1.82) is 0 Å². The third-order valence-corrected chi connectivity index (χ3v) is 5.41. The molecule has 1 atom stereocenters. The zero-order chi connectivity index (χ0) is 19.5. The molecule has 1 fully saturated rings. The van der Waals surface area contributed by atoms with Gasteiger partial charge in [-0.15, -0.1) is 0 Å². The van der Waals surface area contributed by atoms with Crippen molar-refractivity contribution in [3.8, 4) is 0 Å². The second-order valence-electron chi connectivity index (χ2n) is 7.75. The van der Waals surface area contributed by atoms with Crippen LogP contribution in [0.1, 0.15) is 56.8 Å². The second kappa shape index (κ2) is 7.78. The number of Topliss-reactive ketones (excluding diaryl/α,β-unsaturated/α-hetero) is 1. The summed E-state index contributed by atoms with van der Waals surface area (Å²) in [6, 6.07) is 5.74. The maximum absolute atomic E-state index is 12.6. The van der Waals surface area contributed by atoms with E-state index >= 15 is 0 Å². The van der Waals surface area contributed by atoms with Gasteiger partial charge in [0.15, 0.2) is 15.6 Å². The minimum atomic E-state index is -3.29. The van der Waals surface area contributed by atoms with E-state index in [9.17, 15) is 18.0 Å². The van der Waals surface area contributed by atoms with Gasteiger partial charge in [-0.05, 0) is 52.2 Å². The van der Waals surface area contributed by atoms with Crippen LogP contribution in [-0.4, -0.2) is 49.6 Å². The molecule has 144 valence electrons. The number of benzene rings is 1. The lowest BCUT2D eigenvalue weighted by atomic mass is 9.95. The predicted molar refractivity (Wildman–Crippen MR) is 99.1 cm³/mol. The largest absolute Gasteiger partial charge is 0.444 e. The normalized spacial score (nSPS) is 18.5. The summed E-state index contributed by atoms with van der Waals surface area (Å²) >= 11 is 0. The summed E-state index contributed by atoms with van der Waals surface area (Å²) in [6.45, 7) is 6.04. The summed E-state index contributed by atoms with van der Waals surface area (Å²) in [7, 11) is -3.29. The van der Waals surface area contributed by atoms with Crippen LogP contribution in [0.25, 0.3) is 0 Å². The molecule has 1 aliphatic rings. The van der Waals surface area contributed by atoms with Crippen LogP contribution in [0, 0.1) is 0 Å². The molecular formula is C19H27NO5S. The van der Waals surface area contributed by atoms with Crippen molar-refractivity contribution in [2.75, 3.05) is 12.8 Å². The number of amides is 1. The Labute approximate surface area is 155 Å². The summed E-state index contributed by atoms with van der Waals surface area (Å²) in [4.78, 5) is 26.9. The molecule has 1 amide bonds. The van der Waals surface area contributed by atoms with E-state index in [0.717, 1.165) is 25.5 Å². The smallest absolute Gasteiger partial charge is 0.410 e. The molecule has 1 aromatic carbocycles. The SMILES string of the molecule is CC(C)(C)OC(=O)N1CCCCC1CC(=O)c1ccc(S(C)(=O)=O)cc1. The van der Waals surface area contributed by atoms with Gasteiger partial charge in [0, 0.05) is 30.8 Å². The van der Waals surface area contributed by atoms with Crippen LogP contribution in [0.3, 0.4) is 0 Å². The summed E-state index contributed by atoms with van der Waals surface area (Å²) in [5, 5.41) is 0. The van der Waals surface area contributed by atoms with Crippen LogP contribution in [0.2, 0.25) is 0 Å². The van der Waals surface area contributed by atoms with Gasteiger partial charge in [0.2, 0.25) is 0 Å². The Morgan fingerprint density at radius 3 is 2.31 bits per heavy atom. The molecule has 1 unspecified atom stereocenters. The van der Waals surface area contributed by atoms with Gasteiger partial charge in [0.25, 0.3) is 0 Å². The molecule has 1 saturated heterocycles. The zero-order valence-electron chi connectivity index (χ0n) is 15.8. The van der Waals surface area contributed by atoms with Crippen molar-refractivity contribution in [3.63, 3.8) is 0 Å². The van der Waals surface area contributed by atoms with Crippen molar-refractivity contribution in [1.82, 2.24) is 4.90 Å². The third-order valence-electron chi connectivity index (χ3n) is 4.28. The average molecular weight is 381 g/mol. The number of sulfone groups is 1. The van der Waals surface area contributed by atoms with Crippen molar-refractivity contribution in [2.24, 2.45) is 0 Å². The van der Waals surface area contributed by atoms with Crippen LogP contribution in [0.15, 0.2) is 29.2 Å². The van der Waals surface area contributed by atoms with E-state index in [-0.39, 0.29) is 29.2 Å². The Bertz CT molecular complexity index is 762. The molecule has 0 aromatic heterocycles.